The van der Waals surface area contributed by atoms with Gasteiger partial charge in [0.1, 0.15) is 12.4 Å². The summed E-state index contributed by atoms with van der Waals surface area (Å²) in [4.78, 5) is 28.6. The fourth-order valence-electron chi connectivity index (χ4n) is 5.39. The first-order chi connectivity index (χ1) is 16.5. The number of ether oxygens (including phenoxy) is 1. The summed E-state index contributed by atoms with van der Waals surface area (Å²) in [5.74, 6) is 1.60. The van der Waals surface area contributed by atoms with Crippen LogP contribution in [0.1, 0.15) is 68.3 Å². The van der Waals surface area contributed by atoms with Gasteiger partial charge in [-0.1, -0.05) is 56.7 Å². The summed E-state index contributed by atoms with van der Waals surface area (Å²) < 4.78 is 6.23. The molecule has 2 aliphatic heterocycles. The van der Waals surface area contributed by atoms with Crippen molar-refractivity contribution in [1.29, 1.82) is 0 Å². The molecule has 2 heterocycles. The molecule has 1 saturated heterocycles. The van der Waals surface area contributed by atoms with Gasteiger partial charge in [0, 0.05) is 18.7 Å². The molecule has 5 heteroatoms. The van der Waals surface area contributed by atoms with Gasteiger partial charge in [-0.2, -0.15) is 0 Å². The molecule has 2 aliphatic rings. The molecule has 0 radical (unpaired) electrons. The van der Waals surface area contributed by atoms with E-state index in [1.165, 1.54) is 5.56 Å². The van der Waals surface area contributed by atoms with Gasteiger partial charge in [0.2, 0.25) is 5.91 Å². The molecule has 0 saturated carbocycles. The summed E-state index contributed by atoms with van der Waals surface area (Å²) in [5.41, 5.74) is 1.55. The predicted molar refractivity (Wildman–Crippen MR) is 135 cm³/mol. The van der Waals surface area contributed by atoms with Crippen LogP contribution in [0.25, 0.3) is 0 Å². The van der Waals surface area contributed by atoms with Crippen molar-refractivity contribution < 1.29 is 14.3 Å². The Hall–Kier alpha value is -2.82. The van der Waals surface area contributed by atoms with Crippen LogP contribution >= 0.6 is 0 Å². The van der Waals surface area contributed by atoms with Crippen molar-refractivity contribution in [2.24, 2.45) is 11.3 Å². The van der Waals surface area contributed by atoms with Crippen LogP contribution in [-0.2, 0) is 11.2 Å². The molecule has 4 rings (SSSR count). The molecule has 1 fully saturated rings. The maximum atomic E-state index is 13.7. The van der Waals surface area contributed by atoms with Gasteiger partial charge in [-0.3, -0.25) is 9.59 Å². The predicted octanol–water partition coefficient (Wildman–Crippen LogP) is 5.25. The number of carbonyl (C=O) groups excluding carboxylic acids is 2. The Balaban J connectivity index is 1.50. The molecule has 0 bridgehead atoms. The molecule has 2 aromatic carbocycles. The zero-order valence-electron chi connectivity index (χ0n) is 20.6. The quantitative estimate of drug-likeness (QED) is 0.678. The smallest absolute Gasteiger partial charge is 0.253 e. The normalized spacial score (nSPS) is 21.1. The summed E-state index contributed by atoms with van der Waals surface area (Å²) >= 11 is 0. The van der Waals surface area contributed by atoms with E-state index in [1.54, 1.807) is 0 Å². The average molecular weight is 463 g/mol. The molecule has 0 aliphatic carbocycles. The second-order valence-corrected chi connectivity index (χ2v) is 10.4. The zero-order chi connectivity index (χ0) is 24.0. The summed E-state index contributed by atoms with van der Waals surface area (Å²) in [6.07, 6.45) is 6.14. The minimum atomic E-state index is -0.415. The molecular formula is C29H38N2O3. The van der Waals surface area contributed by atoms with Crippen molar-refractivity contribution in [2.75, 3.05) is 19.7 Å². The highest BCUT2D eigenvalue weighted by atomic mass is 16.5. The van der Waals surface area contributed by atoms with Crippen molar-refractivity contribution in [1.82, 2.24) is 10.2 Å². The van der Waals surface area contributed by atoms with Gasteiger partial charge in [-0.25, -0.2) is 0 Å². The van der Waals surface area contributed by atoms with Crippen LogP contribution in [0.4, 0.5) is 0 Å². The van der Waals surface area contributed by atoms with Crippen LogP contribution in [0, 0.1) is 11.3 Å². The molecule has 1 N–H and O–H groups in total. The lowest BCUT2D eigenvalue weighted by Gasteiger charge is -2.42. The Morgan fingerprint density at radius 3 is 2.47 bits per heavy atom. The minimum Gasteiger partial charge on any atom is -0.491 e. The molecule has 182 valence electrons. The minimum absolute atomic E-state index is 0.0270. The van der Waals surface area contributed by atoms with Gasteiger partial charge in [-0.05, 0) is 68.2 Å². The topological polar surface area (TPSA) is 58.6 Å². The zero-order valence-corrected chi connectivity index (χ0v) is 20.6. The first-order valence-corrected chi connectivity index (χ1v) is 12.8. The summed E-state index contributed by atoms with van der Waals surface area (Å²) in [5, 5.41) is 3.37. The van der Waals surface area contributed by atoms with E-state index in [2.05, 4.69) is 31.3 Å². The maximum Gasteiger partial charge on any atom is 0.253 e. The molecule has 5 nitrogen and oxygen atoms in total. The lowest BCUT2D eigenvalue weighted by atomic mass is 9.73. The maximum absolute atomic E-state index is 13.7. The number of hydrogen-bond acceptors (Lipinski definition) is 3. The molecule has 1 spiro atoms. The van der Waals surface area contributed by atoms with E-state index in [-0.39, 0.29) is 17.9 Å². The summed E-state index contributed by atoms with van der Waals surface area (Å²) in [7, 11) is 0. The number of benzene rings is 2. The third-order valence-electron chi connectivity index (χ3n) is 7.37. The highest BCUT2D eigenvalue weighted by molar-refractivity contribution is 5.94. The van der Waals surface area contributed by atoms with Crippen LogP contribution in [-0.4, -0.2) is 42.5 Å². The summed E-state index contributed by atoms with van der Waals surface area (Å²) in [6.45, 7) is 6.08. The molecular weight excluding hydrogens is 424 g/mol. The third-order valence-corrected chi connectivity index (χ3v) is 7.37. The van der Waals surface area contributed by atoms with E-state index in [1.807, 2.05) is 47.4 Å². The first-order valence-electron chi connectivity index (χ1n) is 12.8. The van der Waals surface area contributed by atoms with Crippen molar-refractivity contribution in [3.05, 3.63) is 65.7 Å². The van der Waals surface area contributed by atoms with Crippen LogP contribution in [0.15, 0.2) is 54.6 Å². The van der Waals surface area contributed by atoms with Gasteiger partial charge < -0.3 is 15.0 Å². The number of para-hydroxylation sites is 1. The van der Waals surface area contributed by atoms with Gasteiger partial charge in [0.05, 0.1) is 11.5 Å². The number of fused-ring (bicyclic) bond motifs is 1. The van der Waals surface area contributed by atoms with Crippen LogP contribution in [0.5, 0.6) is 5.75 Å². The Morgan fingerprint density at radius 2 is 1.74 bits per heavy atom. The third kappa shape index (κ3) is 5.81. The van der Waals surface area contributed by atoms with Gasteiger partial charge in [0.25, 0.3) is 5.91 Å². The fraction of sp³-hybridized carbons (Fsp3) is 0.517. The van der Waals surface area contributed by atoms with E-state index >= 15 is 0 Å². The molecule has 1 atom stereocenters. The molecule has 34 heavy (non-hydrogen) atoms. The lowest BCUT2D eigenvalue weighted by Crippen LogP contribution is -2.53. The number of hydrogen-bond donors (Lipinski definition) is 1. The van der Waals surface area contributed by atoms with E-state index in [0.717, 1.165) is 43.4 Å². The SMILES string of the molecule is CC(C)C[C@H]1COc2ccccc2CCCCC2(CCN(C(=O)c3ccccc3)CC2)C(=O)N1. The van der Waals surface area contributed by atoms with E-state index in [4.69, 9.17) is 4.74 Å². The average Bonchev–Trinajstić information content (AvgIpc) is 2.85. The van der Waals surface area contributed by atoms with Crippen molar-refractivity contribution in [3.63, 3.8) is 0 Å². The highest BCUT2D eigenvalue weighted by Crippen LogP contribution is 2.38. The largest absolute Gasteiger partial charge is 0.491 e. The van der Waals surface area contributed by atoms with Gasteiger partial charge in [0.15, 0.2) is 0 Å². The Kier molecular flexibility index (Phi) is 7.91. The monoisotopic (exact) mass is 462 g/mol. The number of rotatable bonds is 3. The number of aryl methyl sites for hydroxylation is 1. The van der Waals surface area contributed by atoms with Crippen molar-refractivity contribution >= 4 is 11.8 Å². The van der Waals surface area contributed by atoms with Crippen LogP contribution in [0.3, 0.4) is 0 Å². The number of carbonyl (C=O) groups is 2. The molecule has 2 aromatic rings. The fourth-order valence-corrected chi connectivity index (χ4v) is 5.39. The molecule has 2 amide bonds. The Morgan fingerprint density at radius 1 is 1.03 bits per heavy atom. The molecule has 0 aromatic heterocycles. The number of nitrogens with one attached hydrogen (secondary N) is 1. The number of piperidine rings is 1. The number of nitrogens with zero attached hydrogens (tertiary/aromatic N) is 1. The van der Waals surface area contributed by atoms with Gasteiger partial charge in [-0.15, -0.1) is 0 Å². The number of amides is 2. The van der Waals surface area contributed by atoms with E-state index in [0.29, 0.717) is 38.5 Å². The highest BCUT2D eigenvalue weighted by Gasteiger charge is 2.42. The first kappa shape index (κ1) is 24.3. The lowest BCUT2D eigenvalue weighted by molar-refractivity contribution is -0.135. The Bertz CT molecular complexity index is 964. The van der Waals surface area contributed by atoms with Gasteiger partial charge >= 0.3 is 0 Å². The summed E-state index contributed by atoms with van der Waals surface area (Å²) in [6, 6.07) is 17.7. The Labute approximate surface area is 203 Å². The standard InChI is InChI=1S/C29H38N2O3/c1-22(2)20-25-21-34-26-14-7-6-10-23(26)11-8-9-15-29(28(33)30-25)16-18-31(19-17-29)27(32)24-12-4-3-5-13-24/h3-7,10,12-14,22,25H,8-9,11,15-21H2,1-2H3,(H,30,33)/t25-/m0/s1. The van der Waals surface area contributed by atoms with Crippen molar-refractivity contribution in [2.45, 2.75) is 64.8 Å². The molecule has 0 unspecified atom stereocenters. The van der Waals surface area contributed by atoms with Crippen molar-refractivity contribution in [3.8, 4) is 5.75 Å². The second-order valence-electron chi connectivity index (χ2n) is 10.4. The van der Waals surface area contributed by atoms with E-state index in [9.17, 15) is 9.59 Å². The second kappa shape index (κ2) is 11.1. The van der Waals surface area contributed by atoms with E-state index < -0.39 is 5.41 Å². The number of likely N-dealkylation sites (tertiary alicyclic amines) is 1. The van der Waals surface area contributed by atoms with Crippen LogP contribution < -0.4 is 10.1 Å². The van der Waals surface area contributed by atoms with Crippen LogP contribution in [0.2, 0.25) is 0 Å².